The molecule has 0 atom stereocenters. The molecule has 2 heterocycles. The predicted octanol–water partition coefficient (Wildman–Crippen LogP) is 2.80. The average molecular weight is 369 g/mol. The van der Waals surface area contributed by atoms with Crippen LogP contribution < -0.4 is 9.47 Å². The highest BCUT2D eigenvalue weighted by atomic mass is 19.4. The molecule has 0 amide bonds. The fraction of sp³-hybridized carbons (Fsp3) is 0.200. The Morgan fingerprint density at radius 3 is 2.54 bits per heavy atom. The van der Waals surface area contributed by atoms with E-state index in [-0.39, 0.29) is 18.3 Å². The molecule has 3 rings (SSSR count). The third kappa shape index (κ3) is 3.87. The van der Waals surface area contributed by atoms with Crippen molar-refractivity contribution in [2.24, 2.45) is 0 Å². The molecule has 136 valence electrons. The van der Waals surface area contributed by atoms with Crippen molar-refractivity contribution in [1.29, 1.82) is 0 Å². The van der Waals surface area contributed by atoms with E-state index in [0.29, 0.717) is 17.5 Å². The number of halogens is 4. The molecule has 1 aromatic carbocycles. The molecule has 0 spiro atoms. The zero-order valence-corrected chi connectivity index (χ0v) is 13.2. The molecule has 0 aliphatic heterocycles. The lowest BCUT2D eigenvalue weighted by molar-refractivity contribution is -0.140. The summed E-state index contributed by atoms with van der Waals surface area (Å²) in [5.41, 5.74) is -1.05. The summed E-state index contributed by atoms with van der Waals surface area (Å²) in [6, 6.07) is 2.61. The Morgan fingerprint density at radius 1 is 1.15 bits per heavy atom. The molecule has 0 N–H and O–H groups in total. The predicted molar refractivity (Wildman–Crippen MR) is 79.2 cm³/mol. The molecule has 0 aliphatic carbocycles. The maximum atomic E-state index is 13.3. The van der Waals surface area contributed by atoms with Gasteiger partial charge >= 0.3 is 12.2 Å². The molecule has 11 heteroatoms. The Balaban J connectivity index is 1.73. The van der Waals surface area contributed by atoms with E-state index in [9.17, 15) is 17.6 Å². The van der Waals surface area contributed by atoms with Crippen LogP contribution in [0.15, 0.2) is 36.8 Å². The molecule has 7 nitrogen and oxygen atoms in total. The second kappa shape index (κ2) is 6.94. The third-order valence-corrected chi connectivity index (χ3v) is 3.25. The molecule has 0 aliphatic rings. The molecule has 0 saturated heterocycles. The first-order valence-corrected chi connectivity index (χ1v) is 7.14. The van der Waals surface area contributed by atoms with Gasteiger partial charge in [-0.1, -0.05) is 5.21 Å². The number of hydrogen-bond acceptors (Lipinski definition) is 6. The number of rotatable bonds is 5. The topological polar surface area (TPSA) is 75.0 Å². The van der Waals surface area contributed by atoms with Crippen molar-refractivity contribution in [3.05, 3.63) is 53.9 Å². The summed E-state index contributed by atoms with van der Waals surface area (Å²) in [6.45, 7) is -0.0559. The smallest absolute Gasteiger partial charge is 0.419 e. The lowest BCUT2D eigenvalue weighted by Crippen LogP contribution is -2.09. The minimum atomic E-state index is -4.81. The molecule has 0 radical (unpaired) electrons. The van der Waals surface area contributed by atoms with Crippen LogP contribution >= 0.6 is 0 Å². The molecule has 26 heavy (non-hydrogen) atoms. The Morgan fingerprint density at radius 2 is 1.88 bits per heavy atom. The lowest BCUT2D eigenvalue weighted by atomic mass is 10.2. The van der Waals surface area contributed by atoms with Gasteiger partial charge in [0.2, 0.25) is 0 Å². The van der Waals surface area contributed by atoms with Gasteiger partial charge in [-0.15, -0.1) is 5.10 Å². The van der Waals surface area contributed by atoms with Crippen molar-refractivity contribution in [2.75, 3.05) is 7.11 Å². The van der Waals surface area contributed by atoms with Gasteiger partial charge in [-0.2, -0.15) is 23.1 Å². The van der Waals surface area contributed by atoms with Crippen molar-refractivity contribution in [3.8, 4) is 17.4 Å². The quantitative estimate of drug-likeness (QED) is 0.644. The van der Waals surface area contributed by atoms with Crippen LogP contribution in [0, 0.1) is 5.82 Å². The third-order valence-electron chi connectivity index (χ3n) is 3.25. The first-order valence-electron chi connectivity index (χ1n) is 7.14. The van der Waals surface area contributed by atoms with E-state index >= 15 is 0 Å². The monoisotopic (exact) mass is 369 g/mol. The van der Waals surface area contributed by atoms with Crippen LogP contribution in [-0.2, 0) is 12.8 Å². The summed E-state index contributed by atoms with van der Waals surface area (Å²) in [5.74, 6) is -0.901. The van der Waals surface area contributed by atoms with Crippen LogP contribution in [-0.4, -0.2) is 32.1 Å². The van der Waals surface area contributed by atoms with Gasteiger partial charge in [0.1, 0.15) is 18.1 Å². The summed E-state index contributed by atoms with van der Waals surface area (Å²) in [7, 11) is 1.47. The summed E-state index contributed by atoms with van der Waals surface area (Å²) >= 11 is 0. The molecular formula is C15H11F4N5O2. The Hall–Kier alpha value is -3.24. The molecule has 0 saturated carbocycles. The first kappa shape index (κ1) is 17.6. The average Bonchev–Trinajstić information content (AvgIpc) is 3.09. The van der Waals surface area contributed by atoms with E-state index in [2.05, 4.69) is 20.3 Å². The van der Waals surface area contributed by atoms with Gasteiger partial charge < -0.3 is 9.47 Å². The largest absolute Gasteiger partial charge is 0.494 e. The zero-order chi connectivity index (χ0) is 18.7. The van der Waals surface area contributed by atoms with E-state index in [1.807, 2.05) is 0 Å². The summed E-state index contributed by atoms with van der Waals surface area (Å²) < 4.78 is 63.0. The number of alkyl halides is 3. The van der Waals surface area contributed by atoms with E-state index < -0.39 is 17.6 Å². The van der Waals surface area contributed by atoms with Gasteiger partial charge in [-0.3, -0.25) is 0 Å². The summed E-state index contributed by atoms with van der Waals surface area (Å²) in [6.07, 6.45) is -0.623. The number of hydrogen-bond donors (Lipinski definition) is 0. The van der Waals surface area contributed by atoms with Crippen molar-refractivity contribution < 1.29 is 27.0 Å². The number of benzene rings is 1. The van der Waals surface area contributed by atoms with Gasteiger partial charge in [-0.05, 0) is 18.2 Å². The second-order valence-electron chi connectivity index (χ2n) is 5.01. The molecule has 2 aromatic heterocycles. The fourth-order valence-corrected chi connectivity index (χ4v) is 1.99. The summed E-state index contributed by atoms with van der Waals surface area (Å²) in [5, 5.41) is 7.50. The van der Waals surface area contributed by atoms with E-state index in [1.54, 1.807) is 0 Å². The number of ether oxygens (including phenoxy) is 2. The van der Waals surface area contributed by atoms with Gasteiger partial charge in [0, 0.05) is 0 Å². The van der Waals surface area contributed by atoms with E-state index in [4.69, 9.17) is 9.47 Å². The van der Waals surface area contributed by atoms with Crippen LogP contribution in [0.5, 0.6) is 11.8 Å². The second-order valence-corrected chi connectivity index (χ2v) is 5.01. The highest BCUT2D eigenvalue weighted by molar-refractivity contribution is 5.37. The van der Waals surface area contributed by atoms with Crippen LogP contribution in [0.25, 0.3) is 5.69 Å². The minimum absolute atomic E-state index is 0.0122. The van der Waals surface area contributed by atoms with Crippen molar-refractivity contribution >= 4 is 0 Å². The van der Waals surface area contributed by atoms with Gasteiger partial charge in [0.15, 0.2) is 5.75 Å². The maximum Gasteiger partial charge on any atom is 0.419 e. The Kier molecular flexibility index (Phi) is 4.69. The Labute approximate surface area is 144 Å². The van der Waals surface area contributed by atoms with Crippen molar-refractivity contribution in [3.63, 3.8) is 0 Å². The standard InChI is InChI=1S/C15H11F4N5O2/c1-25-11-5-20-14(21-6-11)26-8-9-7-24(23-22-9)10-2-3-13(16)12(4-10)15(17,18)19/h2-7H,8H2,1H3. The molecular weight excluding hydrogens is 358 g/mol. The highest BCUT2D eigenvalue weighted by Gasteiger charge is 2.34. The highest BCUT2D eigenvalue weighted by Crippen LogP contribution is 2.32. The lowest BCUT2D eigenvalue weighted by Gasteiger charge is -2.09. The van der Waals surface area contributed by atoms with Crippen molar-refractivity contribution in [2.45, 2.75) is 12.8 Å². The van der Waals surface area contributed by atoms with Gasteiger partial charge in [-0.25, -0.2) is 9.07 Å². The summed E-state index contributed by atoms with van der Waals surface area (Å²) in [4.78, 5) is 7.80. The van der Waals surface area contributed by atoms with Crippen LogP contribution in [0.4, 0.5) is 17.6 Å². The molecule has 3 aromatic rings. The molecule has 0 unspecified atom stereocenters. The van der Waals surface area contributed by atoms with Crippen molar-refractivity contribution in [1.82, 2.24) is 25.0 Å². The fourth-order valence-electron chi connectivity index (χ4n) is 1.99. The van der Waals surface area contributed by atoms with E-state index in [1.165, 1.54) is 25.7 Å². The number of methoxy groups -OCH3 is 1. The van der Waals surface area contributed by atoms with Gasteiger partial charge in [0.25, 0.3) is 0 Å². The number of aromatic nitrogens is 5. The molecule has 0 bridgehead atoms. The van der Waals surface area contributed by atoms with Gasteiger partial charge in [0.05, 0.1) is 37.0 Å². The SMILES string of the molecule is COc1cnc(OCc2cn(-c3ccc(F)c(C(F)(F)F)c3)nn2)nc1. The van der Waals surface area contributed by atoms with E-state index in [0.717, 1.165) is 16.8 Å². The normalized spacial score (nSPS) is 11.4. The Bertz CT molecular complexity index is 896. The molecule has 0 fully saturated rings. The van der Waals surface area contributed by atoms with Crippen LogP contribution in [0.2, 0.25) is 0 Å². The van der Waals surface area contributed by atoms with Crippen LogP contribution in [0.3, 0.4) is 0 Å². The first-order chi connectivity index (χ1) is 12.4. The zero-order valence-electron chi connectivity index (χ0n) is 13.2. The minimum Gasteiger partial charge on any atom is -0.494 e. The maximum absolute atomic E-state index is 13.3. The van der Waals surface area contributed by atoms with Crippen LogP contribution in [0.1, 0.15) is 11.3 Å². The number of nitrogens with zero attached hydrogens (tertiary/aromatic N) is 5.